The lowest BCUT2D eigenvalue weighted by atomic mass is 9.99. The first-order valence-corrected chi connectivity index (χ1v) is 38.0. The molecule has 4 aliphatic heterocycles. The number of fused-ring (bicyclic) bond motifs is 3. The first kappa shape index (κ1) is 76.7. The van der Waals surface area contributed by atoms with E-state index in [1.54, 1.807) is 0 Å². The van der Waals surface area contributed by atoms with Crippen LogP contribution in [0.3, 0.4) is 0 Å². The summed E-state index contributed by atoms with van der Waals surface area (Å²) in [6.45, 7) is 37.7. The molecule has 0 spiro atoms. The number of nitrogens with one attached hydrogen (secondary N) is 8. The number of aromatic nitrogens is 3. The summed E-state index contributed by atoms with van der Waals surface area (Å²) in [5.74, 6) is 2.73. The summed E-state index contributed by atoms with van der Waals surface area (Å²) in [5, 5.41) is 34.7. The zero-order valence-corrected chi connectivity index (χ0v) is 64.4. The standard InChI is InChI=1S/3C25H31ClN4.C9H20N2/c3*1-25(2,3)29-20-12-14-30(15-13-20)23-16-24(28-22-7-5-4-6-21(22)23)27-17-18-8-10-19(26)11-9-18;1-9(2,3)11-8-4-6-10-7-5-8/h3*4-11,16,20,29H,12-15,17H2,1-3H3,(H,27,28);8,10-11H,4-7H2,1-3H3. The van der Waals surface area contributed by atoms with Gasteiger partial charge in [-0.25, -0.2) is 15.0 Å². The number of anilines is 6. The summed E-state index contributed by atoms with van der Waals surface area (Å²) in [6.07, 6.45) is 9.48. The first-order chi connectivity index (χ1) is 48.2. The summed E-state index contributed by atoms with van der Waals surface area (Å²) in [5.41, 5.74) is 11.2. The van der Waals surface area contributed by atoms with Crippen molar-refractivity contribution >= 4 is 102 Å². The maximum Gasteiger partial charge on any atom is 0.129 e. The van der Waals surface area contributed by atoms with Crippen molar-refractivity contribution < 1.29 is 0 Å². The SMILES string of the molecule is CC(C)(C)NC1CCN(c2cc(NCc3ccc(Cl)cc3)nc3ccccc23)CC1.CC(C)(C)NC1CCN(c2cc(NCc3ccc(Cl)cc3)nc3ccccc23)CC1.CC(C)(C)NC1CCN(c2cc(NCc3ccc(Cl)cc3)nc3ccccc23)CC1.CC(C)(C)NC1CCNCC1. The number of para-hydroxylation sites is 3. The van der Waals surface area contributed by atoms with Crippen molar-refractivity contribution in [2.24, 2.45) is 0 Å². The lowest BCUT2D eigenvalue weighted by Gasteiger charge is -2.37. The normalized spacial score (nSPS) is 16.2. The van der Waals surface area contributed by atoms with E-state index in [1.807, 2.05) is 72.8 Å². The van der Waals surface area contributed by atoms with Crippen molar-refractivity contribution in [2.45, 2.75) is 200 Å². The molecule has 4 aliphatic rings. The molecular weight excluding hydrogens is 1310 g/mol. The van der Waals surface area contributed by atoms with Gasteiger partial charge in [-0.15, -0.1) is 0 Å². The predicted octanol–water partition coefficient (Wildman–Crippen LogP) is 18.7. The van der Waals surface area contributed by atoms with E-state index in [1.165, 1.54) is 75.8 Å². The fourth-order valence-electron chi connectivity index (χ4n) is 14.1. The molecule has 4 fully saturated rings. The number of hydrogen-bond acceptors (Lipinski definition) is 14. The Morgan fingerprint density at radius 1 is 0.337 bits per heavy atom. The zero-order chi connectivity index (χ0) is 71.7. The summed E-state index contributed by atoms with van der Waals surface area (Å²) >= 11 is 18.0. The van der Waals surface area contributed by atoms with Gasteiger partial charge in [0.25, 0.3) is 0 Å². The minimum atomic E-state index is 0.162. The number of rotatable bonds is 16. The van der Waals surface area contributed by atoms with E-state index in [9.17, 15) is 0 Å². The summed E-state index contributed by atoms with van der Waals surface area (Å²) < 4.78 is 0. The van der Waals surface area contributed by atoms with Gasteiger partial charge in [-0.1, -0.05) is 126 Å². The van der Waals surface area contributed by atoms with Gasteiger partial charge in [0, 0.05) is 172 Å². The Balaban J connectivity index is 0.000000152. The van der Waals surface area contributed by atoms with E-state index in [0.29, 0.717) is 18.1 Å². The molecule has 0 radical (unpaired) electrons. The average molecular weight is 1430 g/mol. The molecular formula is C84H113Cl3N14. The third-order valence-corrected chi connectivity index (χ3v) is 19.4. The molecule has 6 aromatic carbocycles. The molecule has 0 saturated carbocycles. The topological polar surface area (TPSA) is 145 Å². The minimum absolute atomic E-state index is 0.162. The fourth-order valence-corrected chi connectivity index (χ4v) is 14.5. The number of piperidine rings is 4. The highest BCUT2D eigenvalue weighted by Gasteiger charge is 2.28. The first-order valence-electron chi connectivity index (χ1n) is 36.9. The van der Waals surface area contributed by atoms with Crippen molar-refractivity contribution in [3.05, 3.63) is 196 Å². The monoisotopic (exact) mass is 1420 g/mol. The van der Waals surface area contributed by atoms with Gasteiger partial charge in [0.05, 0.1) is 16.6 Å². The van der Waals surface area contributed by atoms with Crippen molar-refractivity contribution in [3.63, 3.8) is 0 Å². The van der Waals surface area contributed by atoms with Crippen LogP contribution in [0.1, 0.15) is 151 Å². The highest BCUT2D eigenvalue weighted by atomic mass is 35.5. The Labute approximate surface area is 618 Å². The molecule has 14 nitrogen and oxygen atoms in total. The van der Waals surface area contributed by atoms with E-state index in [-0.39, 0.29) is 22.2 Å². The molecule has 540 valence electrons. The Morgan fingerprint density at radius 2 is 0.574 bits per heavy atom. The maximum absolute atomic E-state index is 6.00. The van der Waals surface area contributed by atoms with Gasteiger partial charge in [0.1, 0.15) is 17.5 Å². The maximum atomic E-state index is 6.00. The molecule has 0 amide bonds. The summed E-state index contributed by atoms with van der Waals surface area (Å²) in [7, 11) is 0. The molecule has 4 saturated heterocycles. The van der Waals surface area contributed by atoms with Gasteiger partial charge >= 0.3 is 0 Å². The van der Waals surface area contributed by atoms with Crippen LogP contribution in [0.15, 0.2) is 164 Å². The highest BCUT2D eigenvalue weighted by molar-refractivity contribution is 6.31. The largest absolute Gasteiger partial charge is 0.371 e. The van der Waals surface area contributed by atoms with E-state index in [0.717, 1.165) is 153 Å². The van der Waals surface area contributed by atoms with Crippen LogP contribution in [-0.4, -0.2) is 114 Å². The average Bonchev–Trinajstić information content (AvgIpc) is 0.802. The van der Waals surface area contributed by atoms with Crippen LogP contribution in [0.25, 0.3) is 32.7 Å². The Kier molecular flexibility index (Phi) is 26.9. The molecule has 0 aliphatic carbocycles. The Morgan fingerprint density at radius 3 is 0.822 bits per heavy atom. The van der Waals surface area contributed by atoms with Crippen LogP contribution in [0, 0.1) is 0 Å². The van der Waals surface area contributed by atoms with E-state index < -0.39 is 0 Å². The number of halogens is 3. The van der Waals surface area contributed by atoms with Crippen LogP contribution in [-0.2, 0) is 19.6 Å². The fraction of sp³-hybridized carbons (Fsp3) is 0.464. The molecule has 13 rings (SSSR count). The molecule has 0 atom stereocenters. The highest BCUT2D eigenvalue weighted by Crippen LogP contribution is 2.35. The quantitative estimate of drug-likeness (QED) is 0.0465. The summed E-state index contributed by atoms with van der Waals surface area (Å²) in [6, 6.07) is 58.2. The lowest BCUT2D eigenvalue weighted by molar-refractivity contribution is 0.304. The van der Waals surface area contributed by atoms with Crippen LogP contribution >= 0.6 is 34.8 Å². The van der Waals surface area contributed by atoms with Crippen LogP contribution < -0.4 is 57.2 Å². The third kappa shape index (κ3) is 24.6. The molecule has 8 N–H and O–H groups in total. The van der Waals surface area contributed by atoms with Crippen LogP contribution in [0.2, 0.25) is 15.1 Å². The van der Waals surface area contributed by atoms with Gasteiger partial charge in [0.2, 0.25) is 0 Å². The lowest BCUT2D eigenvalue weighted by Crippen LogP contribution is -2.49. The minimum Gasteiger partial charge on any atom is -0.371 e. The summed E-state index contributed by atoms with van der Waals surface area (Å²) in [4.78, 5) is 22.1. The second-order valence-electron chi connectivity index (χ2n) is 32.0. The second-order valence-corrected chi connectivity index (χ2v) is 33.3. The second kappa shape index (κ2) is 35.5. The van der Waals surface area contributed by atoms with Crippen molar-refractivity contribution in [1.82, 2.24) is 41.5 Å². The molecule has 0 bridgehead atoms. The van der Waals surface area contributed by atoms with Crippen molar-refractivity contribution in [1.29, 1.82) is 0 Å². The Hall–Kier alpha value is -6.98. The van der Waals surface area contributed by atoms with E-state index in [4.69, 9.17) is 49.8 Å². The number of nitrogens with zero attached hydrogens (tertiary/aromatic N) is 6. The molecule has 9 aromatic rings. The van der Waals surface area contributed by atoms with Crippen LogP contribution in [0.5, 0.6) is 0 Å². The Bertz CT molecular complexity index is 3630. The van der Waals surface area contributed by atoms with Gasteiger partial charge in [-0.2, -0.15) is 0 Å². The molecule has 17 heteroatoms. The zero-order valence-electron chi connectivity index (χ0n) is 62.2. The van der Waals surface area contributed by atoms with E-state index >= 15 is 0 Å². The van der Waals surface area contributed by atoms with Gasteiger partial charge < -0.3 is 57.2 Å². The molecule has 0 unspecified atom stereocenters. The smallest absolute Gasteiger partial charge is 0.129 e. The van der Waals surface area contributed by atoms with E-state index in [2.05, 4.69) is 231 Å². The molecule has 3 aromatic heterocycles. The predicted molar refractivity (Wildman–Crippen MR) is 435 cm³/mol. The van der Waals surface area contributed by atoms with Crippen molar-refractivity contribution in [3.8, 4) is 0 Å². The van der Waals surface area contributed by atoms with Gasteiger partial charge in [-0.3, -0.25) is 0 Å². The van der Waals surface area contributed by atoms with Gasteiger partial charge in [0.15, 0.2) is 0 Å². The molecule has 101 heavy (non-hydrogen) atoms. The van der Waals surface area contributed by atoms with Crippen LogP contribution in [0.4, 0.5) is 34.5 Å². The molecule has 7 heterocycles. The van der Waals surface area contributed by atoms with Crippen molar-refractivity contribution in [2.75, 3.05) is 83.0 Å². The number of benzene rings is 6. The number of pyridine rings is 3. The number of hydrogen-bond donors (Lipinski definition) is 8. The van der Waals surface area contributed by atoms with Gasteiger partial charge in [-0.05, 0) is 219 Å². The third-order valence-electron chi connectivity index (χ3n) is 18.6.